The van der Waals surface area contributed by atoms with Gasteiger partial charge in [0.1, 0.15) is 16.8 Å². The standard InChI is InChI=1S/C17H14Cl2N2O2S/c18-13-6-5-10(7-14(13)19)23-9-16(22)21-17-12(8-20)11-3-1-2-4-15(11)24-17/h5-7H,1-4,9H2,(H,21,22). The summed E-state index contributed by atoms with van der Waals surface area (Å²) in [5.74, 6) is 0.154. The Kier molecular flexibility index (Phi) is 5.30. The molecule has 0 unspecified atom stereocenters. The van der Waals surface area contributed by atoms with Gasteiger partial charge in [0.2, 0.25) is 0 Å². The second kappa shape index (κ2) is 7.43. The smallest absolute Gasteiger partial charge is 0.262 e. The van der Waals surface area contributed by atoms with E-state index in [9.17, 15) is 10.1 Å². The van der Waals surface area contributed by atoms with Crippen LogP contribution in [0.4, 0.5) is 5.00 Å². The van der Waals surface area contributed by atoms with Gasteiger partial charge in [-0.3, -0.25) is 4.79 Å². The fourth-order valence-corrected chi connectivity index (χ4v) is 4.19. The molecule has 0 saturated heterocycles. The molecule has 1 aliphatic carbocycles. The van der Waals surface area contributed by atoms with E-state index in [2.05, 4.69) is 11.4 Å². The number of anilines is 1. The molecule has 1 N–H and O–H groups in total. The normalized spacial score (nSPS) is 13.0. The van der Waals surface area contributed by atoms with E-state index in [0.29, 0.717) is 26.4 Å². The monoisotopic (exact) mass is 380 g/mol. The van der Waals surface area contributed by atoms with Crippen LogP contribution in [0.15, 0.2) is 18.2 Å². The van der Waals surface area contributed by atoms with Crippen LogP contribution < -0.4 is 10.1 Å². The first-order valence-corrected chi connectivity index (χ1v) is 9.08. The number of amides is 1. The molecule has 0 radical (unpaired) electrons. The van der Waals surface area contributed by atoms with Crippen LogP contribution >= 0.6 is 34.5 Å². The molecule has 0 spiro atoms. The van der Waals surface area contributed by atoms with Gasteiger partial charge in [0, 0.05) is 10.9 Å². The molecule has 0 saturated carbocycles. The number of thiophene rings is 1. The number of halogens is 2. The predicted octanol–water partition coefficient (Wildman–Crippen LogP) is 4.82. The Morgan fingerprint density at radius 2 is 2.08 bits per heavy atom. The van der Waals surface area contributed by atoms with E-state index in [1.54, 1.807) is 18.2 Å². The Labute approximate surface area is 154 Å². The second-order valence-corrected chi connectivity index (χ2v) is 7.36. The molecule has 7 heteroatoms. The maximum absolute atomic E-state index is 12.1. The van der Waals surface area contributed by atoms with Crippen molar-refractivity contribution in [2.45, 2.75) is 25.7 Å². The quantitative estimate of drug-likeness (QED) is 0.826. The topological polar surface area (TPSA) is 62.1 Å². The molecular formula is C17H14Cl2N2O2S. The van der Waals surface area contributed by atoms with E-state index in [1.165, 1.54) is 16.2 Å². The number of nitrogens with zero attached hydrogens (tertiary/aromatic N) is 1. The predicted molar refractivity (Wildman–Crippen MR) is 96.3 cm³/mol. The van der Waals surface area contributed by atoms with Crippen molar-refractivity contribution >= 4 is 45.4 Å². The largest absolute Gasteiger partial charge is 0.484 e. The van der Waals surface area contributed by atoms with Gasteiger partial charge in [-0.05, 0) is 43.4 Å². The summed E-state index contributed by atoms with van der Waals surface area (Å²) in [6.45, 7) is -0.161. The number of nitrogens with one attached hydrogen (secondary N) is 1. The Hall–Kier alpha value is -1.74. The zero-order valence-corrected chi connectivity index (χ0v) is 15.0. The first-order valence-electron chi connectivity index (χ1n) is 7.51. The summed E-state index contributed by atoms with van der Waals surface area (Å²) in [6.07, 6.45) is 4.10. The third-order valence-electron chi connectivity index (χ3n) is 3.80. The zero-order valence-electron chi connectivity index (χ0n) is 12.7. The highest BCUT2D eigenvalue weighted by Gasteiger charge is 2.21. The molecule has 0 fully saturated rings. The van der Waals surface area contributed by atoms with Gasteiger partial charge in [-0.25, -0.2) is 0 Å². The van der Waals surface area contributed by atoms with Crippen molar-refractivity contribution in [3.63, 3.8) is 0 Å². The SMILES string of the molecule is N#Cc1c(NC(=O)COc2ccc(Cl)c(Cl)c2)sc2c1CCCC2. The number of ether oxygens (including phenoxy) is 1. The van der Waals surface area contributed by atoms with Crippen LogP contribution in [0.2, 0.25) is 10.0 Å². The first-order chi connectivity index (χ1) is 11.6. The maximum atomic E-state index is 12.1. The summed E-state index contributed by atoms with van der Waals surface area (Å²) >= 11 is 13.2. The highest BCUT2D eigenvalue weighted by atomic mass is 35.5. The van der Waals surface area contributed by atoms with E-state index < -0.39 is 0 Å². The average Bonchev–Trinajstić information content (AvgIpc) is 2.92. The van der Waals surface area contributed by atoms with Crippen molar-refractivity contribution in [1.29, 1.82) is 5.26 Å². The number of aryl methyl sites for hydroxylation is 1. The van der Waals surface area contributed by atoms with Crippen LogP contribution in [-0.2, 0) is 17.6 Å². The molecule has 1 aliphatic rings. The summed E-state index contributed by atoms with van der Waals surface area (Å²) in [6, 6.07) is 7.03. The van der Waals surface area contributed by atoms with Crippen molar-refractivity contribution < 1.29 is 9.53 Å². The van der Waals surface area contributed by atoms with E-state index in [4.69, 9.17) is 27.9 Å². The Morgan fingerprint density at radius 3 is 2.83 bits per heavy atom. The molecule has 24 heavy (non-hydrogen) atoms. The van der Waals surface area contributed by atoms with Crippen molar-refractivity contribution in [3.8, 4) is 11.8 Å². The number of hydrogen-bond acceptors (Lipinski definition) is 4. The molecule has 3 rings (SSSR count). The molecule has 0 bridgehead atoms. The number of rotatable bonds is 4. The van der Waals surface area contributed by atoms with Crippen molar-refractivity contribution in [2.24, 2.45) is 0 Å². The summed E-state index contributed by atoms with van der Waals surface area (Å²) in [7, 11) is 0. The van der Waals surface area contributed by atoms with E-state index in [0.717, 1.165) is 31.2 Å². The van der Waals surface area contributed by atoms with E-state index in [-0.39, 0.29) is 12.5 Å². The van der Waals surface area contributed by atoms with E-state index >= 15 is 0 Å². The molecule has 0 aliphatic heterocycles. The molecule has 4 nitrogen and oxygen atoms in total. The van der Waals surface area contributed by atoms with Crippen molar-refractivity contribution in [1.82, 2.24) is 0 Å². The minimum Gasteiger partial charge on any atom is -0.484 e. The van der Waals surface area contributed by atoms with Crippen LogP contribution in [0.1, 0.15) is 28.8 Å². The maximum Gasteiger partial charge on any atom is 0.262 e. The number of benzene rings is 1. The van der Waals surface area contributed by atoms with Gasteiger partial charge in [-0.15, -0.1) is 11.3 Å². The first kappa shape index (κ1) is 17.1. The number of hydrogen-bond donors (Lipinski definition) is 1. The highest BCUT2D eigenvalue weighted by Crippen LogP contribution is 2.37. The summed E-state index contributed by atoms with van der Waals surface area (Å²) < 4.78 is 5.42. The van der Waals surface area contributed by atoms with Crippen LogP contribution in [0.25, 0.3) is 0 Å². The van der Waals surface area contributed by atoms with Crippen LogP contribution in [0.3, 0.4) is 0 Å². The molecule has 2 aromatic rings. The number of carbonyl (C=O) groups excluding carboxylic acids is 1. The summed E-state index contributed by atoms with van der Waals surface area (Å²) in [5.41, 5.74) is 1.69. The highest BCUT2D eigenvalue weighted by molar-refractivity contribution is 7.16. The lowest BCUT2D eigenvalue weighted by Gasteiger charge is -2.09. The molecule has 0 atom stereocenters. The third-order valence-corrected chi connectivity index (χ3v) is 5.74. The lowest BCUT2D eigenvalue weighted by Crippen LogP contribution is -2.20. The van der Waals surface area contributed by atoms with E-state index in [1.807, 2.05) is 0 Å². The molecule has 1 amide bonds. The molecule has 1 heterocycles. The second-order valence-electron chi connectivity index (χ2n) is 5.44. The fourth-order valence-electron chi connectivity index (χ4n) is 2.65. The van der Waals surface area contributed by atoms with Crippen molar-refractivity contribution in [3.05, 3.63) is 44.2 Å². The fraction of sp³-hybridized carbons (Fsp3) is 0.294. The molecule has 1 aromatic carbocycles. The Morgan fingerprint density at radius 1 is 1.29 bits per heavy atom. The van der Waals surface area contributed by atoms with Gasteiger partial charge < -0.3 is 10.1 Å². The number of carbonyl (C=O) groups is 1. The summed E-state index contributed by atoms with van der Waals surface area (Å²) in [5, 5.41) is 13.6. The van der Waals surface area contributed by atoms with Gasteiger partial charge >= 0.3 is 0 Å². The zero-order chi connectivity index (χ0) is 17.1. The lowest BCUT2D eigenvalue weighted by atomic mass is 9.96. The van der Waals surface area contributed by atoms with Crippen molar-refractivity contribution in [2.75, 3.05) is 11.9 Å². The molecule has 124 valence electrons. The minimum atomic E-state index is -0.309. The van der Waals surface area contributed by atoms with Crippen LogP contribution in [0.5, 0.6) is 5.75 Å². The molecular weight excluding hydrogens is 367 g/mol. The molecule has 1 aromatic heterocycles. The van der Waals surface area contributed by atoms with Gasteiger partial charge in [0.05, 0.1) is 15.6 Å². The van der Waals surface area contributed by atoms with Crippen LogP contribution in [0, 0.1) is 11.3 Å². The lowest BCUT2D eigenvalue weighted by molar-refractivity contribution is -0.118. The van der Waals surface area contributed by atoms with Gasteiger partial charge in [0.25, 0.3) is 5.91 Å². The number of fused-ring (bicyclic) bond motifs is 1. The average molecular weight is 381 g/mol. The van der Waals surface area contributed by atoms with Gasteiger partial charge in [-0.1, -0.05) is 23.2 Å². The minimum absolute atomic E-state index is 0.161. The number of nitriles is 1. The van der Waals surface area contributed by atoms with Gasteiger partial charge in [0.15, 0.2) is 6.61 Å². The van der Waals surface area contributed by atoms with Gasteiger partial charge in [-0.2, -0.15) is 5.26 Å². The Bertz CT molecular complexity index is 827. The van der Waals surface area contributed by atoms with Crippen LogP contribution in [-0.4, -0.2) is 12.5 Å². The third kappa shape index (κ3) is 3.67. The summed E-state index contributed by atoms with van der Waals surface area (Å²) in [4.78, 5) is 13.3. The Balaban J connectivity index is 1.66.